The van der Waals surface area contributed by atoms with Crippen molar-refractivity contribution in [2.24, 2.45) is 0 Å². The van der Waals surface area contributed by atoms with Gasteiger partial charge < -0.3 is 5.32 Å². The van der Waals surface area contributed by atoms with Crippen molar-refractivity contribution >= 4 is 5.82 Å². The zero-order chi connectivity index (χ0) is 10.5. The lowest BCUT2D eigenvalue weighted by atomic mass is 10.4. The molecule has 0 aromatic carbocycles. The summed E-state index contributed by atoms with van der Waals surface area (Å²) < 4.78 is 0. The van der Waals surface area contributed by atoms with Crippen LogP contribution in [0.25, 0.3) is 0 Å². The molecule has 82 valence electrons. The number of hydrogen-bond donors (Lipinski definition) is 1. The molecule has 0 atom stereocenters. The SMILES string of the molecule is CCN(CCNc1cnccn1)C1CC1. The Morgan fingerprint density at radius 3 is 2.93 bits per heavy atom. The first-order chi connectivity index (χ1) is 7.40. The van der Waals surface area contributed by atoms with Crippen LogP contribution in [0.1, 0.15) is 19.8 Å². The highest BCUT2D eigenvalue weighted by Crippen LogP contribution is 2.25. The van der Waals surface area contributed by atoms with E-state index in [-0.39, 0.29) is 0 Å². The third kappa shape index (κ3) is 3.16. The van der Waals surface area contributed by atoms with Gasteiger partial charge in [-0.1, -0.05) is 6.92 Å². The van der Waals surface area contributed by atoms with Gasteiger partial charge in [-0.05, 0) is 19.4 Å². The van der Waals surface area contributed by atoms with Gasteiger partial charge in [-0.2, -0.15) is 0 Å². The van der Waals surface area contributed by atoms with Crippen molar-refractivity contribution in [3.63, 3.8) is 0 Å². The summed E-state index contributed by atoms with van der Waals surface area (Å²) in [4.78, 5) is 10.7. The standard InChI is InChI=1S/C11H18N4/c1-2-15(10-3-4-10)8-7-14-11-9-12-5-6-13-11/h5-6,9-10H,2-4,7-8H2,1H3,(H,13,14). The molecule has 0 spiro atoms. The molecule has 0 aliphatic heterocycles. The summed E-state index contributed by atoms with van der Waals surface area (Å²) in [6, 6.07) is 0.846. The van der Waals surface area contributed by atoms with Gasteiger partial charge in [0.15, 0.2) is 0 Å². The minimum absolute atomic E-state index is 0.846. The maximum atomic E-state index is 4.17. The van der Waals surface area contributed by atoms with Crippen molar-refractivity contribution in [1.82, 2.24) is 14.9 Å². The van der Waals surface area contributed by atoms with Gasteiger partial charge in [0.1, 0.15) is 5.82 Å². The van der Waals surface area contributed by atoms with Gasteiger partial charge in [-0.25, -0.2) is 4.98 Å². The van der Waals surface area contributed by atoms with Crippen LogP contribution in [0, 0.1) is 0 Å². The molecule has 1 aliphatic carbocycles. The van der Waals surface area contributed by atoms with Gasteiger partial charge in [0.25, 0.3) is 0 Å². The lowest BCUT2D eigenvalue weighted by molar-refractivity contribution is 0.289. The maximum Gasteiger partial charge on any atom is 0.144 e. The summed E-state index contributed by atoms with van der Waals surface area (Å²) in [6.45, 7) is 5.41. The number of likely N-dealkylation sites (N-methyl/N-ethyl adjacent to an activating group) is 1. The fourth-order valence-corrected chi connectivity index (χ4v) is 1.76. The molecule has 1 aromatic heterocycles. The van der Waals surface area contributed by atoms with Gasteiger partial charge in [-0.15, -0.1) is 0 Å². The molecule has 1 N–H and O–H groups in total. The van der Waals surface area contributed by atoms with E-state index in [1.165, 1.54) is 12.8 Å². The Labute approximate surface area is 90.7 Å². The Kier molecular flexibility index (Phi) is 3.50. The van der Waals surface area contributed by atoms with E-state index >= 15 is 0 Å². The largest absolute Gasteiger partial charge is 0.368 e. The van der Waals surface area contributed by atoms with E-state index in [9.17, 15) is 0 Å². The predicted octanol–water partition coefficient (Wildman–Crippen LogP) is 1.37. The molecule has 0 saturated heterocycles. The van der Waals surface area contributed by atoms with Crippen molar-refractivity contribution in [2.75, 3.05) is 25.0 Å². The monoisotopic (exact) mass is 206 g/mol. The Morgan fingerprint density at radius 2 is 2.33 bits per heavy atom. The third-order valence-electron chi connectivity index (χ3n) is 2.74. The summed E-state index contributed by atoms with van der Waals surface area (Å²) in [6.07, 6.45) is 7.90. The molecule has 0 radical (unpaired) electrons. The van der Waals surface area contributed by atoms with Crippen LogP contribution in [0.15, 0.2) is 18.6 Å². The molecule has 1 aromatic rings. The average molecular weight is 206 g/mol. The molecule has 4 heteroatoms. The second-order valence-electron chi connectivity index (χ2n) is 3.88. The Morgan fingerprint density at radius 1 is 1.47 bits per heavy atom. The van der Waals surface area contributed by atoms with Crippen LogP contribution in [0.5, 0.6) is 0 Å². The Bertz CT molecular complexity index is 284. The predicted molar refractivity (Wildman–Crippen MR) is 60.8 cm³/mol. The summed E-state index contributed by atoms with van der Waals surface area (Å²) in [5.41, 5.74) is 0. The molecule has 0 amide bonds. The number of aromatic nitrogens is 2. The third-order valence-corrected chi connectivity index (χ3v) is 2.74. The van der Waals surface area contributed by atoms with Crippen molar-refractivity contribution in [3.8, 4) is 0 Å². The van der Waals surface area contributed by atoms with Crippen LogP contribution < -0.4 is 5.32 Å². The summed E-state index contributed by atoms with van der Waals surface area (Å²) in [5, 5.41) is 3.28. The van der Waals surface area contributed by atoms with Gasteiger partial charge in [0, 0.05) is 31.5 Å². The van der Waals surface area contributed by atoms with E-state index in [0.29, 0.717) is 0 Å². The molecule has 0 bridgehead atoms. The van der Waals surface area contributed by atoms with Crippen LogP contribution in [0.3, 0.4) is 0 Å². The number of rotatable bonds is 6. The van der Waals surface area contributed by atoms with E-state index in [0.717, 1.165) is 31.5 Å². The first kappa shape index (κ1) is 10.4. The molecule has 0 unspecified atom stereocenters. The Hall–Kier alpha value is -1.16. The number of nitrogens with zero attached hydrogens (tertiary/aromatic N) is 3. The van der Waals surface area contributed by atoms with E-state index in [2.05, 4.69) is 27.1 Å². The number of anilines is 1. The molecular weight excluding hydrogens is 188 g/mol. The van der Waals surface area contributed by atoms with Crippen LogP contribution in [0.4, 0.5) is 5.82 Å². The number of nitrogens with one attached hydrogen (secondary N) is 1. The molecule has 1 fully saturated rings. The smallest absolute Gasteiger partial charge is 0.144 e. The minimum Gasteiger partial charge on any atom is -0.368 e. The maximum absolute atomic E-state index is 4.17. The quantitative estimate of drug-likeness (QED) is 0.763. The molecular formula is C11H18N4. The van der Waals surface area contributed by atoms with Gasteiger partial charge in [0.2, 0.25) is 0 Å². The van der Waals surface area contributed by atoms with Crippen LogP contribution >= 0.6 is 0 Å². The normalized spacial score (nSPS) is 15.6. The van der Waals surface area contributed by atoms with E-state index < -0.39 is 0 Å². The molecule has 1 saturated carbocycles. The summed E-state index contributed by atoms with van der Waals surface area (Å²) in [5.74, 6) is 0.865. The molecule has 1 heterocycles. The minimum atomic E-state index is 0.846. The first-order valence-corrected chi connectivity index (χ1v) is 5.64. The topological polar surface area (TPSA) is 41.0 Å². The van der Waals surface area contributed by atoms with E-state index in [1.54, 1.807) is 18.6 Å². The van der Waals surface area contributed by atoms with Crippen LogP contribution in [0.2, 0.25) is 0 Å². The van der Waals surface area contributed by atoms with Crippen molar-refractivity contribution < 1.29 is 0 Å². The van der Waals surface area contributed by atoms with Crippen LogP contribution in [-0.2, 0) is 0 Å². The van der Waals surface area contributed by atoms with Crippen molar-refractivity contribution in [1.29, 1.82) is 0 Å². The van der Waals surface area contributed by atoms with E-state index in [1.807, 2.05) is 0 Å². The average Bonchev–Trinajstić information content (AvgIpc) is 3.10. The first-order valence-electron chi connectivity index (χ1n) is 5.64. The zero-order valence-electron chi connectivity index (χ0n) is 9.19. The fraction of sp³-hybridized carbons (Fsp3) is 0.636. The van der Waals surface area contributed by atoms with Crippen molar-refractivity contribution in [2.45, 2.75) is 25.8 Å². The second-order valence-corrected chi connectivity index (χ2v) is 3.88. The molecule has 4 nitrogen and oxygen atoms in total. The summed E-state index contributed by atoms with van der Waals surface area (Å²) >= 11 is 0. The van der Waals surface area contributed by atoms with Gasteiger partial charge >= 0.3 is 0 Å². The Balaban J connectivity index is 1.69. The van der Waals surface area contributed by atoms with E-state index in [4.69, 9.17) is 0 Å². The lowest BCUT2D eigenvalue weighted by Gasteiger charge is -2.19. The number of hydrogen-bond acceptors (Lipinski definition) is 4. The molecule has 2 rings (SSSR count). The highest BCUT2D eigenvalue weighted by molar-refractivity contribution is 5.29. The fourth-order valence-electron chi connectivity index (χ4n) is 1.76. The van der Waals surface area contributed by atoms with Crippen LogP contribution in [-0.4, -0.2) is 40.5 Å². The zero-order valence-corrected chi connectivity index (χ0v) is 9.19. The lowest BCUT2D eigenvalue weighted by Crippen LogP contribution is -2.31. The van der Waals surface area contributed by atoms with Gasteiger partial charge in [0.05, 0.1) is 6.20 Å². The highest BCUT2D eigenvalue weighted by Gasteiger charge is 2.26. The highest BCUT2D eigenvalue weighted by atomic mass is 15.2. The molecule has 1 aliphatic rings. The molecule has 15 heavy (non-hydrogen) atoms. The van der Waals surface area contributed by atoms with Crippen molar-refractivity contribution in [3.05, 3.63) is 18.6 Å². The summed E-state index contributed by atoms with van der Waals surface area (Å²) in [7, 11) is 0. The second kappa shape index (κ2) is 5.07. The van der Waals surface area contributed by atoms with Gasteiger partial charge in [-0.3, -0.25) is 9.88 Å².